The number of rotatable bonds is 6. The van der Waals surface area contributed by atoms with Gasteiger partial charge in [0.25, 0.3) is 0 Å². The number of hydrogen-bond acceptors (Lipinski definition) is 4. The van der Waals surface area contributed by atoms with Gasteiger partial charge in [-0.1, -0.05) is 12.8 Å². The van der Waals surface area contributed by atoms with E-state index in [1.807, 2.05) is 0 Å². The molecule has 3 aliphatic rings. The fraction of sp³-hybridized carbons (Fsp3) is 0.857. The molecule has 1 N–H and O–H groups in total. The van der Waals surface area contributed by atoms with Gasteiger partial charge in [0, 0.05) is 12.6 Å². The molecule has 0 radical (unpaired) electrons. The zero-order valence-corrected chi connectivity index (χ0v) is 11.3. The highest BCUT2D eigenvalue weighted by atomic mass is 16.5. The molecule has 0 spiro atoms. The molecular weight excluding hydrogens is 244 g/mol. The average Bonchev–Trinajstić information content (AvgIpc) is 2.99. The Morgan fingerprint density at radius 1 is 1.16 bits per heavy atom. The average molecular weight is 266 g/mol. The molecule has 19 heavy (non-hydrogen) atoms. The largest absolute Gasteiger partial charge is 0.377 e. The van der Waals surface area contributed by atoms with Gasteiger partial charge < -0.3 is 10.1 Å². The zero-order chi connectivity index (χ0) is 13.2. The Morgan fingerprint density at radius 2 is 1.89 bits per heavy atom. The number of amides is 2. The minimum Gasteiger partial charge on any atom is -0.377 e. The maximum Gasteiger partial charge on any atom is 0.247 e. The number of nitrogens with zero attached hydrogens (tertiary/aromatic N) is 1. The number of hydrogen-bond donors (Lipinski definition) is 1. The maximum absolute atomic E-state index is 12.0. The molecule has 3 fully saturated rings. The van der Waals surface area contributed by atoms with E-state index in [1.165, 1.54) is 17.7 Å². The Kier molecular flexibility index (Phi) is 3.84. The van der Waals surface area contributed by atoms with Crippen LogP contribution in [0.25, 0.3) is 0 Å². The van der Waals surface area contributed by atoms with Gasteiger partial charge in [0.2, 0.25) is 11.8 Å². The lowest BCUT2D eigenvalue weighted by atomic mass is 10.2. The molecule has 2 amide bonds. The lowest BCUT2D eigenvalue weighted by Crippen LogP contribution is -2.41. The number of imide groups is 1. The summed E-state index contributed by atoms with van der Waals surface area (Å²) in [6.07, 6.45) is 7.55. The normalized spacial score (nSPS) is 28.6. The minimum absolute atomic E-state index is 0.0123. The fourth-order valence-electron chi connectivity index (χ4n) is 3.04. The van der Waals surface area contributed by atoms with Crippen LogP contribution < -0.4 is 5.32 Å². The van der Waals surface area contributed by atoms with E-state index in [-0.39, 0.29) is 23.9 Å². The Hall–Kier alpha value is -0.940. The van der Waals surface area contributed by atoms with E-state index in [1.54, 1.807) is 0 Å². The molecular formula is C14H22N2O3. The Bertz CT molecular complexity index is 362. The Labute approximate surface area is 113 Å². The summed E-state index contributed by atoms with van der Waals surface area (Å²) in [7, 11) is 0. The smallest absolute Gasteiger partial charge is 0.247 e. The van der Waals surface area contributed by atoms with Crippen molar-refractivity contribution in [3.8, 4) is 0 Å². The van der Waals surface area contributed by atoms with Crippen molar-refractivity contribution in [2.45, 2.75) is 63.1 Å². The standard InChI is InChI=1S/C14H22N2O3/c17-13-9-12(14(18)16(13)10-5-6-10)15-7-8-19-11-3-1-2-4-11/h10-12,15H,1-9H2. The number of nitrogens with one attached hydrogen (secondary N) is 1. The maximum atomic E-state index is 12.0. The van der Waals surface area contributed by atoms with Crippen molar-refractivity contribution < 1.29 is 14.3 Å². The first-order valence-corrected chi connectivity index (χ1v) is 7.46. The lowest BCUT2D eigenvalue weighted by Gasteiger charge is -2.15. The van der Waals surface area contributed by atoms with Crippen molar-refractivity contribution in [3.63, 3.8) is 0 Å². The first-order chi connectivity index (χ1) is 9.25. The van der Waals surface area contributed by atoms with Crippen LogP contribution in [0.15, 0.2) is 0 Å². The summed E-state index contributed by atoms with van der Waals surface area (Å²) in [4.78, 5) is 25.3. The van der Waals surface area contributed by atoms with E-state index in [2.05, 4.69) is 5.32 Å². The molecule has 3 rings (SSSR count). The molecule has 1 heterocycles. The molecule has 5 nitrogen and oxygen atoms in total. The van der Waals surface area contributed by atoms with Crippen molar-refractivity contribution >= 4 is 11.8 Å². The molecule has 1 aliphatic heterocycles. The van der Waals surface area contributed by atoms with Crippen molar-refractivity contribution in [1.29, 1.82) is 0 Å². The molecule has 5 heteroatoms. The summed E-state index contributed by atoms with van der Waals surface area (Å²) in [6, 6.07) is -0.123. The van der Waals surface area contributed by atoms with E-state index in [0.717, 1.165) is 25.7 Å². The van der Waals surface area contributed by atoms with Gasteiger partial charge in [-0.2, -0.15) is 0 Å². The molecule has 1 unspecified atom stereocenters. The van der Waals surface area contributed by atoms with Crippen LogP contribution in [0, 0.1) is 0 Å². The van der Waals surface area contributed by atoms with Crippen molar-refractivity contribution in [2.75, 3.05) is 13.2 Å². The Balaban J connectivity index is 1.38. The van der Waals surface area contributed by atoms with Crippen LogP contribution >= 0.6 is 0 Å². The SMILES string of the molecule is O=C1CC(NCCOC2CCCC2)C(=O)N1C1CC1. The highest BCUT2D eigenvalue weighted by Crippen LogP contribution is 2.31. The molecule has 2 aliphatic carbocycles. The molecule has 1 atom stereocenters. The number of carbonyl (C=O) groups is 2. The number of likely N-dealkylation sites (tertiary alicyclic amines) is 1. The predicted molar refractivity (Wildman–Crippen MR) is 69.5 cm³/mol. The van der Waals surface area contributed by atoms with Gasteiger partial charge in [0.1, 0.15) is 0 Å². The van der Waals surface area contributed by atoms with Crippen LogP contribution in [0.1, 0.15) is 44.9 Å². The van der Waals surface area contributed by atoms with Crippen LogP contribution in [0.2, 0.25) is 0 Å². The number of carbonyl (C=O) groups excluding carboxylic acids is 2. The molecule has 0 aromatic carbocycles. The highest BCUT2D eigenvalue weighted by molar-refractivity contribution is 6.06. The molecule has 0 aromatic heterocycles. The second-order valence-corrected chi connectivity index (χ2v) is 5.82. The van der Waals surface area contributed by atoms with Gasteiger partial charge in [-0.15, -0.1) is 0 Å². The van der Waals surface area contributed by atoms with Crippen molar-refractivity contribution in [2.24, 2.45) is 0 Å². The van der Waals surface area contributed by atoms with E-state index >= 15 is 0 Å². The van der Waals surface area contributed by atoms with Crippen LogP contribution in [0.5, 0.6) is 0 Å². The van der Waals surface area contributed by atoms with Crippen LogP contribution in [0.3, 0.4) is 0 Å². The minimum atomic E-state index is -0.319. The molecule has 106 valence electrons. The second-order valence-electron chi connectivity index (χ2n) is 5.82. The van der Waals surface area contributed by atoms with E-state index in [9.17, 15) is 9.59 Å². The van der Waals surface area contributed by atoms with Gasteiger partial charge in [-0.25, -0.2) is 0 Å². The quantitative estimate of drug-likeness (QED) is 0.571. The fourth-order valence-corrected chi connectivity index (χ4v) is 3.04. The lowest BCUT2D eigenvalue weighted by molar-refractivity contribution is -0.139. The summed E-state index contributed by atoms with van der Waals surface area (Å²) in [6.45, 7) is 1.28. The highest BCUT2D eigenvalue weighted by Gasteiger charge is 2.45. The van der Waals surface area contributed by atoms with E-state index < -0.39 is 0 Å². The summed E-state index contributed by atoms with van der Waals surface area (Å²) >= 11 is 0. The first-order valence-electron chi connectivity index (χ1n) is 7.46. The van der Waals surface area contributed by atoms with E-state index in [4.69, 9.17) is 4.74 Å². The van der Waals surface area contributed by atoms with Gasteiger partial charge in [-0.3, -0.25) is 14.5 Å². The Morgan fingerprint density at radius 3 is 2.58 bits per heavy atom. The van der Waals surface area contributed by atoms with Crippen LogP contribution in [-0.2, 0) is 14.3 Å². The van der Waals surface area contributed by atoms with Gasteiger partial charge >= 0.3 is 0 Å². The van der Waals surface area contributed by atoms with Crippen LogP contribution in [-0.4, -0.2) is 48.1 Å². The zero-order valence-electron chi connectivity index (χ0n) is 11.3. The molecule has 0 aromatic rings. The molecule has 2 saturated carbocycles. The molecule has 0 bridgehead atoms. The monoisotopic (exact) mass is 266 g/mol. The third-order valence-electron chi connectivity index (χ3n) is 4.24. The molecule has 1 saturated heterocycles. The van der Waals surface area contributed by atoms with E-state index in [0.29, 0.717) is 25.7 Å². The van der Waals surface area contributed by atoms with Crippen molar-refractivity contribution in [1.82, 2.24) is 10.2 Å². The number of ether oxygens (including phenoxy) is 1. The summed E-state index contributed by atoms with van der Waals surface area (Å²) in [5.41, 5.74) is 0. The summed E-state index contributed by atoms with van der Waals surface area (Å²) in [5, 5.41) is 3.16. The van der Waals surface area contributed by atoms with Crippen molar-refractivity contribution in [3.05, 3.63) is 0 Å². The summed E-state index contributed by atoms with van der Waals surface area (Å²) < 4.78 is 5.74. The van der Waals surface area contributed by atoms with Gasteiger partial charge in [0.15, 0.2) is 0 Å². The van der Waals surface area contributed by atoms with Crippen LogP contribution in [0.4, 0.5) is 0 Å². The predicted octanol–water partition coefficient (Wildman–Crippen LogP) is 0.825. The van der Waals surface area contributed by atoms with Gasteiger partial charge in [-0.05, 0) is 25.7 Å². The summed E-state index contributed by atoms with van der Waals surface area (Å²) in [5.74, 6) is -0.0462. The topological polar surface area (TPSA) is 58.6 Å². The van der Waals surface area contributed by atoms with Gasteiger partial charge in [0.05, 0.1) is 25.2 Å². The third kappa shape index (κ3) is 2.98. The first kappa shape index (κ1) is 13.1. The second kappa shape index (κ2) is 5.59. The third-order valence-corrected chi connectivity index (χ3v) is 4.24.